The number of nitrogens with one attached hydrogen (secondary N) is 1. The highest BCUT2D eigenvalue weighted by Crippen LogP contribution is 2.31. The van der Waals surface area contributed by atoms with Crippen molar-refractivity contribution in [3.8, 4) is 17.2 Å². The number of hydrogen-bond donors (Lipinski definition) is 1. The zero-order valence-electron chi connectivity index (χ0n) is 19.7. The number of allylic oxidation sites excluding steroid dienone is 1. The van der Waals surface area contributed by atoms with Crippen LogP contribution in [0.25, 0.3) is 6.08 Å². The van der Waals surface area contributed by atoms with Crippen molar-refractivity contribution in [1.82, 2.24) is 5.06 Å². The third-order valence-electron chi connectivity index (χ3n) is 5.20. The van der Waals surface area contributed by atoms with Gasteiger partial charge in [0.2, 0.25) is 0 Å². The van der Waals surface area contributed by atoms with Crippen LogP contribution < -0.4 is 14.2 Å². The van der Waals surface area contributed by atoms with E-state index in [9.17, 15) is 4.79 Å². The van der Waals surface area contributed by atoms with Crippen LogP contribution >= 0.6 is 0 Å². The fraction of sp³-hybridized carbons (Fsp3) is 0.269. The standard InChI is InChI=1S/C26H27N3O5/c1-5-31-23-15-19(14-20-25(27)29-24(28-26(20)30)13-18(4)34-29)8-9-21(23)32-10-11-33-22-12-16(2)6-7-17(22)3/h6-9,12-15,27H,5,10-11H2,1-4H3/b20-14+,27-25?. The van der Waals surface area contributed by atoms with E-state index in [1.54, 1.807) is 37.3 Å². The SMILES string of the molecule is CCOc1cc(/C=C2\C(=N)N3OC(C)=CC3=NC2=O)ccc1OCCOc1cc(C)ccc1C. The van der Waals surface area contributed by atoms with Crippen LogP contribution in [0.2, 0.25) is 0 Å². The minimum absolute atomic E-state index is 0.0648. The lowest BCUT2D eigenvalue weighted by atomic mass is 10.1. The Morgan fingerprint density at radius 2 is 1.76 bits per heavy atom. The highest BCUT2D eigenvalue weighted by Gasteiger charge is 2.34. The zero-order valence-corrected chi connectivity index (χ0v) is 19.7. The normalized spacial score (nSPS) is 16.1. The van der Waals surface area contributed by atoms with E-state index in [-0.39, 0.29) is 11.4 Å². The number of hydroxylamine groups is 2. The molecule has 1 amide bonds. The Kier molecular flexibility index (Phi) is 6.67. The van der Waals surface area contributed by atoms with Crippen molar-refractivity contribution in [1.29, 1.82) is 5.41 Å². The largest absolute Gasteiger partial charge is 0.490 e. The average molecular weight is 462 g/mol. The molecule has 2 aromatic carbocycles. The molecule has 4 rings (SSSR count). The molecule has 0 saturated heterocycles. The Balaban J connectivity index is 1.46. The fourth-order valence-electron chi connectivity index (χ4n) is 3.54. The molecule has 0 atom stereocenters. The van der Waals surface area contributed by atoms with Gasteiger partial charge in [0, 0.05) is 6.08 Å². The second kappa shape index (κ2) is 9.82. The van der Waals surface area contributed by atoms with E-state index >= 15 is 0 Å². The molecule has 0 fully saturated rings. The number of aliphatic imine (C=N–C) groups is 1. The highest BCUT2D eigenvalue weighted by molar-refractivity contribution is 6.32. The van der Waals surface area contributed by atoms with Gasteiger partial charge in [0.05, 0.1) is 12.2 Å². The van der Waals surface area contributed by atoms with Crippen LogP contribution in [0.1, 0.15) is 30.5 Å². The molecular weight excluding hydrogens is 434 g/mol. The maximum absolute atomic E-state index is 12.5. The first-order chi connectivity index (χ1) is 16.4. The summed E-state index contributed by atoms with van der Waals surface area (Å²) in [5.41, 5.74) is 3.02. The summed E-state index contributed by atoms with van der Waals surface area (Å²) >= 11 is 0. The molecule has 0 unspecified atom stereocenters. The molecule has 2 aliphatic heterocycles. The van der Waals surface area contributed by atoms with Crippen LogP contribution in [0.15, 0.2) is 58.8 Å². The molecule has 8 heteroatoms. The first-order valence-electron chi connectivity index (χ1n) is 11.1. The lowest BCUT2D eigenvalue weighted by Crippen LogP contribution is -2.38. The van der Waals surface area contributed by atoms with Gasteiger partial charge in [-0.15, -0.1) is 5.06 Å². The second-order valence-corrected chi connectivity index (χ2v) is 7.93. The molecule has 2 heterocycles. The molecule has 176 valence electrons. The van der Waals surface area contributed by atoms with E-state index in [0.29, 0.717) is 48.5 Å². The Morgan fingerprint density at radius 3 is 2.53 bits per heavy atom. The summed E-state index contributed by atoms with van der Waals surface area (Å²) in [6.45, 7) is 8.83. The van der Waals surface area contributed by atoms with E-state index in [4.69, 9.17) is 24.5 Å². The predicted molar refractivity (Wildman–Crippen MR) is 129 cm³/mol. The number of ether oxygens (including phenoxy) is 3. The van der Waals surface area contributed by atoms with Crippen LogP contribution in [0.5, 0.6) is 17.2 Å². The van der Waals surface area contributed by atoms with Gasteiger partial charge < -0.3 is 19.0 Å². The molecule has 1 N–H and O–H groups in total. The van der Waals surface area contributed by atoms with Gasteiger partial charge in [-0.2, -0.15) is 4.99 Å². The van der Waals surface area contributed by atoms with Crippen molar-refractivity contribution < 1.29 is 23.8 Å². The lowest BCUT2D eigenvalue weighted by Gasteiger charge is -2.23. The van der Waals surface area contributed by atoms with Gasteiger partial charge in [-0.05, 0) is 68.7 Å². The first-order valence-corrected chi connectivity index (χ1v) is 11.1. The molecular formula is C26H27N3O5. The van der Waals surface area contributed by atoms with Gasteiger partial charge in [-0.3, -0.25) is 10.2 Å². The second-order valence-electron chi connectivity index (χ2n) is 7.93. The first kappa shape index (κ1) is 23.1. The van der Waals surface area contributed by atoms with Crippen molar-refractivity contribution in [3.05, 3.63) is 70.5 Å². The highest BCUT2D eigenvalue weighted by atomic mass is 16.7. The molecule has 0 spiro atoms. The molecule has 0 aliphatic carbocycles. The van der Waals surface area contributed by atoms with E-state index in [1.165, 1.54) is 5.06 Å². The number of fused-ring (bicyclic) bond motifs is 1. The molecule has 34 heavy (non-hydrogen) atoms. The number of benzene rings is 2. The molecule has 2 aliphatic rings. The Bertz CT molecular complexity index is 1230. The van der Waals surface area contributed by atoms with Crippen molar-refractivity contribution in [3.63, 3.8) is 0 Å². The number of carbonyl (C=O) groups excluding carboxylic acids is 1. The summed E-state index contributed by atoms with van der Waals surface area (Å²) in [5.74, 6) is 2.27. The van der Waals surface area contributed by atoms with Crippen LogP contribution in [0.3, 0.4) is 0 Å². The lowest BCUT2D eigenvalue weighted by molar-refractivity contribution is -0.114. The van der Waals surface area contributed by atoms with E-state index in [1.807, 2.05) is 39.0 Å². The molecule has 0 radical (unpaired) electrons. The van der Waals surface area contributed by atoms with E-state index < -0.39 is 5.91 Å². The smallest absolute Gasteiger partial charge is 0.282 e. The third-order valence-corrected chi connectivity index (χ3v) is 5.20. The van der Waals surface area contributed by atoms with Crippen molar-refractivity contribution in [2.45, 2.75) is 27.7 Å². The van der Waals surface area contributed by atoms with Crippen LogP contribution in [-0.2, 0) is 9.63 Å². The minimum Gasteiger partial charge on any atom is -0.490 e. The Hall–Kier alpha value is -4.07. The van der Waals surface area contributed by atoms with Gasteiger partial charge in [0.25, 0.3) is 5.91 Å². The van der Waals surface area contributed by atoms with E-state index in [0.717, 1.165) is 16.9 Å². The maximum Gasteiger partial charge on any atom is 0.282 e. The molecule has 2 aromatic rings. The van der Waals surface area contributed by atoms with Crippen molar-refractivity contribution in [2.75, 3.05) is 19.8 Å². The molecule has 8 nitrogen and oxygen atoms in total. The van der Waals surface area contributed by atoms with Gasteiger partial charge in [-0.25, -0.2) is 0 Å². The predicted octanol–water partition coefficient (Wildman–Crippen LogP) is 4.61. The average Bonchev–Trinajstić information content (AvgIpc) is 3.18. The number of amides is 1. The Labute approximate surface area is 198 Å². The topological polar surface area (TPSA) is 93.4 Å². The van der Waals surface area contributed by atoms with Crippen LogP contribution in [-0.4, -0.2) is 42.5 Å². The van der Waals surface area contributed by atoms with Crippen molar-refractivity contribution in [2.24, 2.45) is 4.99 Å². The summed E-state index contributed by atoms with van der Waals surface area (Å²) < 4.78 is 17.5. The van der Waals surface area contributed by atoms with Gasteiger partial charge in [-0.1, -0.05) is 18.2 Å². The zero-order chi connectivity index (χ0) is 24.2. The van der Waals surface area contributed by atoms with E-state index in [2.05, 4.69) is 4.99 Å². The van der Waals surface area contributed by atoms with Crippen LogP contribution in [0.4, 0.5) is 0 Å². The minimum atomic E-state index is -0.493. The third kappa shape index (κ3) is 4.96. The number of amidine groups is 2. The van der Waals surface area contributed by atoms with Gasteiger partial charge >= 0.3 is 0 Å². The number of carbonyl (C=O) groups is 1. The summed E-state index contributed by atoms with van der Waals surface area (Å²) in [6, 6.07) is 11.4. The number of nitrogens with zero attached hydrogens (tertiary/aromatic N) is 2. The quantitative estimate of drug-likeness (QED) is 0.456. The summed E-state index contributed by atoms with van der Waals surface area (Å²) in [7, 11) is 0. The summed E-state index contributed by atoms with van der Waals surface area (Å²) in [5, 5.41) is 9.59. The number of hydrogen-bond acceptors (Lipinski definition) is 6. The van der Waals surface area contributed by atoms with Gasteiger partial charge in [0.15, 0.2) is 23.2 Å². The molecule has 0 saturated carbocycles. The number of rotatable bonds is 8. The summed E-state index contributed by atoms with van der Waals surface area (Å²) in [4.78, 5) is 22.0. The van der Waals surface area contributed by atoms with Crippen molar-refractivity contribution >= 4 is 23.7 Å². The fourth-order valence-corrected chi connectivity index (χ4v) is 3.54. The summed E-state index contributed by atoms with van der Waals surface area (Å²) in [6.07, 6.45) is 3.21. The van der Waals surface area contributed by atoms with Crippen LogP contribution in [0, 0.1) is 19.3 Å². The Morgan fingerprint density at radius 1 is 1.00 bits per heavy atom. The molecule has 0 aromatic heterocycles. The molecule has 0 bridgehead atoms. The van der Waals surface area contributed by atoms with Gasteiger partial charge in [0.1, 0.15) is 24.7 Å². The number of aryl methyl sites for hydroxylation is 2. The monoisotopic (exact) mass is 461 g/mol. The maximum atomic E-state index is 12.5.